The zero-order valence-electron chi connectivity index (χ0n) is 14.5. The van der Waals surface area contributed by atoms with E-state index in [1.807, 2.05) is 19.1 Å². The van der Waals surface area contributed by atoms with Gasteiger partial charge in [0, 0.05) is 15.1 Å². The minimum Gasteiger partial charge on any atom is -1.00 e. The summed E-state index contributed by atoms with van der Waals surface area (Å²) >= 11 is 0. The molecule has 1 N–H and O–H groups in total. The Labute approximate surface area is 184 Å². The maximum atomic E-state index is 10.5. The van der Waals surface area contributed by atoms with Gasteiger partial charge < -0.3 is 35.3 Å². The Kier molecular flexibility index (Phi) is 19.3. The average Bonchev–Trinajstić information content (AvgIpc) is 2.97. The summed E-state index contributed by atoms with van der Waals surface area (Å²) in [5.74, 6) is -0.613. The van der Waals surface area contributed by atoms with Crippen molar-refractivity contribution in [2.24, 2.45) is 0 Å². The number of halogens is 2. The van der Waals surface area contributed by atoms with Crippen molar-refractivity contribution in [1.82, 2.24) is 0 Å². The van der Waals surface area contributed by atoms with E-state index >= 15 is 0 Å². The standard InChI is InChI=1S/C9H7.C8H9NO.C2H6Si.2ClH.Zr/c1-2-5-9-7-3-6-8(9)4-1;1-6-4-2-3-5-7(6)8(9)10;1-3-2;;;/h1-7H;2-5H,1H3,(H2,9,10);1-2H3;2*1H;/q-1;;;;;+4/p-3. The SMILES string of the molecule is C[Si]C.Cc1ccccc1C([NH-])=O.[Cl-].[Cl-].[Zr+4].c1ccc2[cH-]ccc2c1. The van der Waals surface area contributed by atoms with Crippen molar-refractivity contribution in [1.29, 1.82) is 0 Å². The predicted octanol–water partition coefficient (Wildman–Crippen LogP) is -0.462. The molecule has 2 nitrogen and oxygen atoms in total. The molecule has 0 fully saturated rings. The summed E-state index contributed by atoms with van der Waals surface area (Å²) in [4.78, 5) is 10.5. The second-order valence-corrected chi connectivity index (χ2v) is 5.80. The first kappa shape index (κ1) is 29.0. The Balaban J connectivity index is -0.000000304. The molecule has 3 rings (SSSR count). The van der Waals surface area contributed by atoms with Crippen molar-refractivity contribution < 1.29 is 55.8 Å². The monoisotopic (exact) mass is 467 g/mol. The fourth-order valence-corrected chi connectivity index (χ4v) is 1.90. The third-order valence-corrected chi connectivity index (χ3v) is 2.94. The molecule has 1 amide bonds. The minimum atomic E-state index is -0.613. The first-order valence-corrected chi connectivity index (χ1v) is 9.10. The normalized spacial score (nSPS) is 8.12. The van der Waals surface area contributed by atoms with Gasteiger partial charge in [0.2, 0.25) is 0 Å². The Morgan fingerprint density at radius 2 is 1.48 bits per heavy atom. The van der Waals surface area contributed by atoms with E-state index in [0.29, 0.717) is 5.56 Å². The van der Waals surface area contributed by atoms with Crippen LogP contribution in [0.3, 0.4) is 0 Å². The average molecular weight is 470 g/mol. The van der Waals surface area contributed by atoms with E-state index < -0.39 is 5.91 Å². The fraction of sp³-hybridized carbons (Fsp3) is 0.158. The third kappa shape index (κ3) is 10.7. The van der Waals surface area contributed by atoms with Crippen LogP contribution in [0, 0.1) is 6.92 Å². The number of hydrogen-bond acceptors (Lipinski definition) is 1. The van der Waals surface area contributed by atoms with Gasteiger partial charge in [0.15, 0.2) is 0 Å². The van der Waals surface area contributed by atoms with Crippen LogP contribution < -0.4 is 24.8 Å². The van der Waals surface area contributed by atoms with Crippen LogP contribution in [-0.2, 0) is 26.2 Å². The van der Waals surface area contributed by atoms with Crippen LogP contribution >= 0.6 is 0 Å². The minimum absolute atomic E-state index is 0. The molecule has 0 spiro atoms. The van der Waals surface area contributed by atoms with E-state index in [2.05, 4.69) is 55.6 Å². The second-order valence-electron chi connectivity index (χ2n) is 4.80. The van der Waals surface area contributed by atoms with Crippen LogP contribution in [0.4, 0.5) is 0 Å². The molecule has 0 aliphatic carbocycles. The molecule has 2 radical (unpaired) electrons. The number of nitrogens with one attached hydrogen (secondary N) is 1. The number of rotatable bonds is 1. The number of hydrogen-bond donors (Lipinski definition) is 0. The molecular weight excluding hydrogens is 448 g/mol. The van der Waals surface area contributed by atoms with Gasteiger partial charge in [-0.25, -0.2) is 0 Å². The summed E-state index contributed by atoms with van der Waals surface area (Å²) in [6.45, 7) is 6.13. The van der Waals surface area contributed by atoms with Gasteiger partial charge in [-0.3, -0.25) is 0 Å². The summed E-state index contributed by atoms with van der Waals surface area (Å²) in [7, 11) is 1.08. The van der Waals surface area contributed by atoms with Gasteiger partial charge in [-0.2, -0.15) is 17.5 Å². The maximum absolute atomic E-state index is 10.5. The Hall–Kier alpha value is -0.800. The number of carbonyl (C=O) groups is 1. The summed E-state index contributed by atoms with van der Waals surface area (Å²) in [6, 6.07) is 21.8. The van der Waals surface area contributed by atoms with Crippen LogP contribution in [0.2, 0.25) is 13.1 Å². The van der Waals surface area contributed by atoms with Crippen molar-refractivity contribution in [2.75, 3.05) is 0 Å². The summed E-state index contributed by atoms with van der Waals surface area (Å²) in [5.41, 5.74) is 8.17. The zero-order chi connectivity index (χ0) is 16.4. The van der Waals surface area contributed by atoms with Gasteiger partial charge >= 0.3 is 26.2 Å². The van der Waals surface area contributed by atoms with Crippen molar-refractivity contribution in [3.8, 4) is 0 Å². The molecule has 130 valence electrons. The van der Waals surface area contributed by atoms with Gasteiger partial charge in [0.05, 0.1) is 5.91 Å². The van der Waals surface area contributed by atoms with Crippen LogP contribution in [0.1, 0.15) is 15.9 Å². The smallest absolute Gasteiger partial charge is 1.00 e. The van der Waals surface area contributed by atoms with Crippen LogP contribution in [0.25, 0.3) is 16.5 Å². The van der Waals surface area contributed by atoms with Crippen molar-refractivity contribution >= 4 is 26.2 Å². The first-order chi connectivity index (χ1) is 10.6. The van der Waals surface area contributed by atoms with Gasteiger partial charge in [-0.1, -0.05) is 43.4 Å². The van der Waals surface area contributed by atoms with Crippen molar-refractivity contribution in [3.05, 3.63) is 83.6 Å². The molecular formula is C19H21Cl2NOSiZr. The zero-order valence-corrected chi connectivity index (χ0v) is 19.5. The van der Waals surface area contributed by atoms with Gasteiger partial charge in [-0.05, 0) is 12.5 Å². The predicted molar refractivity (Wildman–Crippen MR) is 96.9 cm³/mol. The number of fused-ring (bicyclic) bond motifs is 1. The van der Waals surface area contributed by atoms with Crippen LogP contribution in [0.15, 0.2) is 66.7 Å². The van der Waals surface area contributed by atoms with Crippen LogP contribution in [-0.4, -0.2) is 15.4 Å². The Morgan fingerprint density at radius 1 is 0.960 bits per heavy atom. The van der Waals surface area contributed by atoms with E-state index in [0.717, 1.165) is 15.1 Å². The van der Waals surface area contributed by atoms with E-state index in [1.54, 1.807) is 12.1 Å². The molecule has 0 saturated carbocycles. The van der Waals surface area contributed by atoms with Crippen molar-refractivity contribution in [2.45, 2.75) is 20.0 Å². The quantitative estimate of drug-likeness (QED) is 0.351. The molecule has 0 aliphatic rings. The summed E-state index contributed by atoms with van der Waals surface area (Å²) in [6.07, 6.45) is 0. The fourth-order valence-electron chi connectivity index (χ4n) is 1.90. The summed E-state index contributed by atoms with van der Waals surface area (Å²) < 4.78 is 0. The van der Waals surface area contributed by atoms with Crippen molar-refractivity contribution in [3.63, 3.8) is 0 Å². The first-order valence-electron chi connectivity index (χ1n) is 7.10. The molecule has 3 aromatic rings. The number of carbonyl (C=O) groups excluding carboxylic acids is 1. The topological polar surface area (TPSA) is 40.9 Å². The van der Waals surface area contributed by atoms with E-state index in [1.165, 1.54) is 10.8 Å². The second kappa shape index (κ2) is 16.7. The largest absolute Gasteiger partial charge is 4.00 e. The number of aryl methyl sites for hydroxylation is 1. The molecule has 0 bridgehead atoms. The van der Waals surface area contributed by atoms with Gasteiger partial charge in [0.1, 0.15) is 0 Å². The molecule has 3 aromatic carbocycles. The molecule has 0 aliphatic heterocycles. The maximum Gasteiger partial charge on any atom is 4.00 e. The molecule has 0 heterocycles. The van der Waals surface area contributed by atoms with Crippen LogP contribution in [0.5, 0.6) is 0 Å². The van der Waals surface area contributed by atoms with Gasteiger partial charge in [-0.15, -0.1) is 29.7 Å². The van der Waals surface area contributed by atoms with E-state index in [9.17, 15) is 4.79 Å². The van der Waals surface area contributed by atoms with E-state index in [-0.39, 0.29) is 51.0 Å². The molecule has 0 unspecified atom stereocenters. The van der Waals surface area contributed by atoms with E-state index in [4.69, 9.17) is 5.73 Å². The molecule has 6 heteroatoms. The summed E-state index contributed by atoms with van der Waals surface area (Å²) in [5, 5.41) is 2.66. The Morgan fingerprint density at radius 3 is 1.96 bits per heavy atom. The molecule has 0 atom stereocenters. The third-order valence-electron chi connectivity index (χ3n) is 2.94. The number of amides is 1. The molecule has 25 heavy (non-hydrogen) atoms. The number of benzene rings is 2. The molecule has 0 aromatic heterocycles. The molecule has 0 saturated heterocycles. The van der Waals surface area contributed by atoms with Gasteiger partial charge in [0.25, 0.3) is 0 Å². The Bertz CT molecular complexity index is 689.